The number of halogens is 1. The van der Waals surface area contributed by atoms with Gasteiger partial charge in [-0.25, -0.2) is 9.18 Å². The topological polar surface area (TPSA) is 64.6 Å². The molecule has 3 aromatic rings. The first-order valence-electron chi connectivity index (χ1n) is 8.72. The molecule has 0 bridgehead atoms. The second-order valence-electron chi connectivity index (χ2n) is 6.21. The SMILES string of the molecule is COCc1c(C(=O)O[C@@H](C)C(=O)NCc2ccccc2)sc2cccc(F)c12. The molecule has 1 aromatic heterocycles. The average molecular weight is 401 g/mol. The van der Waals surface area contributed by atoms with E-state index in [0.29, 0.717) is 22.2 Å². The fourth-order valence-electron chi connectivity index (χ4n) is 2.81. The van der Waals surface area contributed by atoms with Gasteiger partial charge in [0.25, 0.3) is 5.91 Å². The van der Waals surface area contributed by atoms with E-state index in [0.717, 1.165) is 16.9 Å². The van der Waals surface area contributed by atoms with Crippen LogP contribution in [0.1, 0.15) is 27.7 Å². The third kappa shape index (κ3) is 4.37. The molecule has 0 aliphatic rings. The Balaban J connectivity index is 1.72. The van der Waals surface area contributed by atoms with Crippen LogP contribution in [0.2, 0.25) is 0 Å². The smallest absolute Gasteiger partial charge is 0.349 e. The highest BCUT2D eigenvalue weighted by Crippen LogP contribution is 2.34. The zero-order chi connectivity index (χ0) is 20.1. The van der Waals surface area contributed by atoms with Gasteiger partial charge in [-0.2, -0.15) is 0 Å². The van der Waals surface area contributed by atoms with Crippen LogP contribution in [-0.4, -0.2) is 25.1 Å². The molecule has 2 aromatic carbocycles. The quantitative estimate of drug-likeness (QED) is 0.607. The molecular formula is C21H20FNO4S. The van der Waals surface area contributed by atoms with E-state index in [-0.39, 0.29) is 11.5 Å². The number of esters is 1. The van der Waals surface area contributed by atoms with Crippen LogP contribution in [0.4, 0.5) is 4.39 Å². The second-order valence-corrected chi connectivity index (χ2v) is 7.26. The van der Waals surface area contributed by atoms with Crippen molar-refractivity contribution in [2.45, 2.75) is 26.2 Å². The van der Waals surface area contributed by atoms with Gasteiger partial charge >= 0.3 is 5.97 Å². The molecule has 0 radical (unpaired) electrons. The summed E-state index contributed by atoms with van der Waals surface area (Å²) >= 11 is 1.12. The maximum atomic E-state index is 14.2. The van der Waals surface area contributed by atoms with Crippen LogP contribution in [0.3, 0.4) is 0 Å². The monoisotopic (exact) mass is 401 g/mol. The maximum absolute atomic E-state index is 14.2. The molecule has 0 aliphatic heterocycles. The number of carbonyl (C=O) groups excluding carboxylic acids is 2. The number of carbonyl (C=O) groups is 2. The predicted octanol–water partition coefficient (Wildman–Crippen LogP) is 4.05. The van der Waals surface area contributed by atoms with Crippen LogP contribution in [0.25, 0.3) is 10.1 Å². The minimum atomic E-state index is -0.985. The van der Waals surface area contributed by atoms with E-state index < -0.39 is 23.8 Å². The Morgan fingerprint density at radius 3 is 2.61 bits per heavy atom. The first-order chi connectivity index (χ1) is 13.5. The molecule has 1 heterocycles. The largest absolute Gasteiger partial charge is 0.448 e. The minimum absolute atomic E-state index is 0.0694. The van der Waals surface area contributed by atoms with Crippen molar-refractivity contribution < 1.29 is 23.5 Å². The standard InChI is InChI=1S/C21H20FNO4S/c1-13(20(24)23-11-14-7-4-3-5-8-14)27-21(25)19-15(12-26-2)18-16(22)9-6-10-17(18)28-19/h3-10,13H,11-12H2,1-2H3,(H,23,24)/t13-/m0/s1. The number of rotatable bonds is 7. The Hall–Kier alpha value is -2.77. The summed E-state index contributed by atoms with van der Waals surface area (Å²) in [7, 11) is 1.47. The summed E-state index contributed by atoms with van der Waals surface area (Å²) in [6.07, 6.45) is -0.985. The second kappa shape index (κ2) is 8.95. The Labute approximate surface area is 166 Å². The van der Waals surface area contributed by atoms with Gasteiger partial charge in [-0.1, -0.05) is 36.4 Å². The molecule has 1 amide bonds. The number of benzene rings is 2. The van der Waals surface area contributed by atoms with Crippen LogP contribution in [0.15, 0.2) is 48.5 Å². The summed E-state index contributed by atoms with van der Waals surface area (Å²) in [4.78, 5) is 25.1. The Morgan fingerprint density at radius 2 is 1.89 bits per heavy atom. The van der Waals surface area contributed by atoms with Crippen molar-refractivity contribution in [2.75, 3.05) is 7.11 Å². The molecule has 0 saturated carbocycles. The van der Waals surface area contributed by atoms with Crippen molar-refractivity contribution in [2.24, 2.45) is 0 Å². The fraction of sp³-hybridized carbons (Fsp3) is 0.238. The number of nitrogens with one attached hydrogen (secondary N) is 1. The van der Waals surface area contributed by atoms with Crippen molar-refractivity contribution >= 4 is 33.3 Å². The third-order valence-electron chi connectivity index (χ3n) is 4.20. The molecule has 1 atom stereocenters. The molecule has 28 heavy (non-hydrogen) atoms. The van der Waals surface area contributed by atoms with E-state index in [1.807, 2.05) is 30.3 Å². The molecule has 1 N–H and O–H groups in total. The fourth-order valence-corrected chi connectivity index (χ4v) is 3.92. The lowest BCUT2D eigenvalue weighted by molar-refractivity contribution is -0.129. The lowest BCUT2D eigenvalue weighted by Crippen LogP contribution is -2.35. The van der Waals surface area contributed by atoms with Crippen molar-refractivity contribution in [1.29, 1.82) is 0 Å². The molecule has 3 rings (SSSR count). The zero-order valence-electron chi connectivity index (χ0n) is 15.5. The summed E-state index contributed by atoms with van der Waals surface area (Å²) in [5.41, 5.74) is 1.37. The molecule has 5 nitrogen and oxygen atoms in total. The summed E-state index contributed by atoms with van der Waals surface area (Å²) in [5.74, 6) is -1.50. The average Bonchev–Trinajstić information content (AvgIpc) is 3.07. The van der Waals surface area contributed by atoms with Gasteiger partial charge in [0, 0.05) is 29.3 Å². The van der Waals surface area contributed by atoms with E-state index in [9.17, 15) is 14.0 Å². The van der Waals surface area contributed by atoms with Crippen LogP contribution >= 0.6 is 11.3 Å². The van der Waals surface area contributed by atoms with Crippen LogP contribution < -0.4 is 5.32 Å². The summed E-state index contributed by atoms with van der Waals surface area (Å²) in [5, 5.41) is 3.08. The molecule has 0 saturated heterocycles. The van der Waals surface area contributed by atoms with Crippen molar-refractivity contribution in [1.82, 2.24) is 5.32 Å². The zero-order valence-corrected chi connectivity index (χ0v) is 16.3. The number of amides is 1. The number of ether oxygens (including phenoxy) is 2. The first-order valence-corrected chi connectivity index (χ1v) is 9.54. The molecule has 146 valence electrons. The number of hydrogen-bond donors (Lipinski definition) is 1. The highest BCUT2D eigenvalue weighted by Gasteiger charge is 2.25. The number of hydrogen-bond acceptors (Lipinski definition) is 5. The third-order valence-corrected chi connectivity index (χ3v) is 5.38. The van der Waals surface area contributed by atoms with Gasteiger partial charge in [0.2, 0.25) is 0 Å². The summed E-state index contributed by atoms with van der Waals surface area (Å²) < 4.78 is 25.3. The minimum Gasteiger partial charge on any atom is -0.448 e. The number of methoxy groups -OCH3 is 1. The Morgan fingerprint density at radius 1 is 1.14 bits per heavy atom. The van der Waals surface area contributed by atoms with E-state index in [2.05, 4.69) is 5.32 Å². The van der Waals surface area contributed by atoms with Gasteiger partial charge in [0.15, 0.2) is 6.10 Å². The van der Waals surface area contributed by atoms with Gasteiger partial charge in [0.05, 0.1) is 6.61 Å². The Kier molecular flexibility index (Phi) is 6.38. The van der Waals surface area contributed by atoms with Crippen LogP contribution in [-0.2, 0) is 27.4 Å². The maximum Gasteiger partial charge on any atom is 0.349 e. The molecule has 0 aliphatic carbocycles. The molecular weight excluding hydrogens is 381 g/mol. The van der Waals surface area contributed by atoms with Crippen molar-refractivity contribution in [3.63, 3.8) is 0 Å². The molecule has 0 spiro atoms. The van der Waals surface area contributed by atoms with Crippen molar-refractivity contribution in [3.05, 3.63) is 70.4 Å². The van der Waals surface area contributed by atoms with Gasteiger partial charge in [0.1, 0.15) is 10.7 Å². The van der Waals surface area contributed by atoms with E-state index in [1.165, 1.54) is 20.1 Å². The molecule has 7 heteroatoms. The van der Waals surface area contributed by atoms with Crippen molar-refractivity contribution in [3.8, 4) is 0 Å². The number of fused-ring (bicyclic) bond motifs is 1. The summed E-state index contributed by atoms with van der Waals surface area (Å²) in [6, 6.07) is 14.1. The summed E-state index contributed by atoms with van der Waals surface area (Å²) in [6.45, 7) is 1.91. The van der Waals surface area contributed by atoms with Crippen LogP contribution in [0.5, 0.6) is 0 Å². The van der Waals surface area contributed by atoms with Gasteiger partial charge < -0.3 is 14.8 Å². The Bertz CT molecular complexity index is 987. The predicted molar refractivity (Wildman–Crippen MR) is 106 cm³/mol. The lowest BCUT2D eigenvalue weighted by atomic mass is 10.1. The van der Waals surface area contributed by atoms with Gasteiger partial charge in [-0.05, 0) is 24.6 Å². The van der Waals surface area contributed by atoms with Gasteiger partial charge in [-0.3, -0.25) is 4.79 Å². The highest BCUT2D eigenvalue weighted by atomic mass is 32.1. The van der Waals surface area contributed by atoms with E-state index in [4.69, 9.17) is 9.47 Å². The highest BCUT2D eigenvalue weighted by molar-refractivity contribution is 7.21. The lowest BCUT2D eigenvalue weighted by Gasteiger charge is -2.13. The van der Waals surface area contributed by atoms with Gasteiger partial charge in [-0.15, -0.1) is 11.3 Å². The van der Waals surface area contributed by atoms with Crippen LogP contribution in [0, 0.1) is 5.82 Å². The molecule has 0 unspecified atom stereocenters. The van der Waals surface area contributed by atoms with E-state index in [1.54, 1.807) is 12.1 Å². The van der Waals surface area contributed by atoms with E-state index >= 15 is 0 Å². The normalized spacial score (nSPS) is 12.0. The first kappa shape index (κ1) is 20.0. The molecule has 0 fully saturated rings. The number of thiophene rings is 1.